The van der Waals surface area contributed by atoms with Gasteiger partial charge in [0.15, 0.2) is 0 Å². The average Bonchev–Trinajstić information content (AvgIpc) is 2.93. The molecule has 24 heavy (non-hydrogen) atoms. The van der Waals surface area contributed by atoms with Gasteiger partial charge in [0.25, 0.3) is 5.91 Å². The van der Waals surface area contributed by atoms with Crippen LogP contribution in [-0.4, -0.2) is 67.2 Å². The molecular formula is C17H20N4O3. The van der Waals surface area contributed by atoms with Crippen LogP contribution in [0.15, 0.2) is 24.3 Å². The lowest BCUT2D eigenvalue weighted by Crippen LogP contribution is -2.53. The van der Waals surface area contributed by atoms with Crippen LogP contribution >= 0.6 is 0 Å². The first-order chi connectivity index (χ1) is 11.6. The fourth-order valence-corrected chi connectivity index (χ4v) is 3.39. The molecule has 3 rings (SSSR count). The second-order valence-corrected chi connectivity index (χ2v) is 6.04. The number of likely N-dealkylation sites (tertiary alicyclic amines) is 1. The fourth-order valence-electron chi connectivity index (χ4n) is 3.39. The van der Waals surface area contributed by atoms with E-state index in [1.807, 2.05) is 6.07 Å². The Bertz CT molecular complexity index is 685. The van der Waals surface area contributed by atoms with Crippen LogP contribution in [0.2, 0.25) is 0 Å². The molecule has 126 valence electrons. The van der Waals surface area contributed by atoms with Gasteiger partial charge in [0.2, 0.25) is 0 Å². The third kappa shape index (κ3) is 3.05. The Labute approximate surface area is 140 Å². The number of ether oxygens (including phenoxy) is 1. The van der Waals surface area contributed by atoms with Crippen molar-refractivity contribution in [3.8, 4) is 6.07 Å². The minimum Gasteiger partial charge on any atom is -0.383 e. The number of amides is 3. The lowest BCUT2D eigenvalue weighted by molar-refractivity contribution is 0.0642. The first kappa shape index (κ1) is 16.3. The summed E-state index contributed by atoms with van der Waals surface area (Å²) in [6.07, 6.45) is 0.733. The summed E-state index contributed by atoms with van der Waals surface area (Å²) < 4.78 is 5.06. The number of fused-ring (bicyclic) bond motifs is 1. The van der Waals surface area contributed by atoms with Crippen molar-refractivity contribution in [2.45, 2.75) is 18.5 Å². The Hall–Kier alpha value is -2.59. The van der Waals surface area contributed by atoms with E-state index in [0.29, 0.717) is 37.4 Å². The first-order valence-corrected chi connectivity index (χ1v) is 7.99. The second-order valence-electron chi connectivity index (χ2n) is 6.04. The molecule has 0 unspecified atom stereocenters. The SMILES string of the molecule is COCCN1C(=O)N[C@@H]2CN(C(=O)c3cccc(C#N)c3)CC[C@@H]21. The van der Waals surface area contributed by atoms with Gasteiger partial charge < -0.3 is 19.9 Å². The molecule has 1 N–H and O–H groups in total. The molecule has 0 radical (unpaired) electrons. The van der Waals surface area contributed by atoms with Gasteiger partial charge in [-0.15, -0.1) is 0 Å². The Morgan fingerprint density at radius 1 is 1.50 bits per heavy atom. The van der Waals surface area contributed by atoms with Crippen molar-refractivity contribution in [1.82, 2.24) is 15.1 Å². The number of urea groups is 1. The number of piperidine rings is 1. The number of hydrogen-bond acceptors (Lipinski definition) is 4. The number of carbonyl (C=O) groups excluding carboxylic acids is 2. The van der Waals surface area contributed by atoms with Gasteiger partial charge in [0.1, 0.15) is 0 Å². The Balaban J connectivity index is 1.68. The van der Waals surface area contributed by atoms with Gasteiger partial charge in [-0.1, -0.05) is 6.07 Å². The van der Waals surface area contributed by atoms with Crippen LogP contribution in [0, 0.1) is 11.3 Å². The lowest BCUT2D eigenvalue weighted by Gasteiger charge is -2.36. The molecule has 2 aliphatic heterocycles. The van der Waals surface area contributed by atoms with E-state index >= 15 is 0 Å². The van der Waals surface area contributed by atoms with Crippen molar-refractivity contribution in [2.24, 2.45) is 0 Å². The quantitative estimate of drug-likeness (QED) is 0.886. The molecule has 0 aliphatic carbocycles. The Kier molecular flexibility index (Phi) is 4.67. The van der Waals surface area contributed by atoms with E-state index in [2.05, 4.69) is 5.32 Å². The standard InChI is InChI=1S/C17H20N4O3/c1-24-8-7-21-15-5-6-20(11-14(15)19-17(21)23)16(22)13-4-2-3-12(9-13)10-18/h2-4,9,14-15H,5-8,11H2,1H3,(H,19,23)/t14-,15+/m1/s1. The van der Waals surface area contributed by atoms with Crippen molar-refractivity contribution in [2.75, 3.05) is 33.4 Å². The van der Waals surface area contributed by atoms with Gasteiger partial charge in [-0.25, -0.2) is 4.79 Å². The third-order valence-corrected chi connectivity index (χ3v) is 4.61. The van der Waals surface area contributed by atoms with Gasteiger partial charge in [-0.2, -0.15) is 5.26 Å². The van der Waals surface area contributed by atoms with Gasteiger partial charge in [-0.3, -0.25) is 4.79 Å². The van der Waals surface area contributed by atoms with Crippen molar-refractivity contribution in [3.05, 3.63) is 35.4 Å². The van der Waals surface area contributed by atoms with Gasteiger partial charge in [0.05, 0.1) is 30.3 Å². The molecule has 2 fully saturated rings. The first-order valence-electron chi connectivity index (χ1n) is 7.99. The highest BCUT2D eigenvalue weighted by Crippen LogP contribution is 2.24. The molecule has 0 saturated carbocycles. The van der Waals surface area contributed by atoms with Gasteiger partial charge in [0, 0.05) is 32.3 Å². The van der Waals surface area contributed by atoms with Crippen LogP contribution in [-0.2, 0) is 4.74 Å². The van der Waals surface area contributed by atoms with Gasteiger partial charge >= 0.3 is 6.03 Å². The average molecular weight is 328 g/mol. The zero-order valence-corrected chi connectivity index (χ0v) is 13.6. The number of carbonyl (C=O) groups is 2. The summed E-state index contributed by atoms with van der Waals surface area (Å²) in [5.74, 6) is -0.102. The highest BCUT2D eigenvalue weighted by Gasteiger charge is 2.43. The van der Waals surface area contributed by atoms with Crippen molar-refractivity contribution in [3.63, 3.8) is 0 Å². The van der Waals surface area contributed by atoms with Crippen LogP contribution in [0.3, 0.4) is 0 Å². The van der Waals surface area contributed by atoms with E-state index < -0.39 is 0 Å². The number of methoxy groups -OCH3 is 1. The van der Waals surface area contributed by atoms with Crippen molar-refractivity contribution < 1.29 is 14.3 Å². The van der Waals surface area contributed by atoms with E-state index in [1.165, 1.54) is 0 Å². The van der Waals surface area contributed by atoms with Crippen molar-refractivity contribution >= 4 is 11.9 Å². The molecule has 7 heteroatoms. The zero-order chi connectivity index (χ0) is 17.1. The number of hydrogen-bond donors (Lipinski definition) is 1. The molecule has 2 atom stereocenters. The molecule has 2 saturated heterocycles. The second kappa shape index (κ2) is 6.89. The third-order valence-electron chi connectivity index (χ3n) is 4.61. The smallest absolute Gasteiger partial charge is 0.318 e. The molecule has 0 aromatic heterocycles. The number of nitrogens with zero attached hydrogens (tertiary/aromatic N) is 3. The molecule has 3 amide bonds. The minimum atomic E-state index is -0.102. The molecule has 2 aliphatic rings. The fraction of sp³-hybridized carbons (Fsp3) is 0.471. The summed E-state index contributed by atoms with van der Waals surface area (Å²) in [5, 5.41) is 11.9. The molecule has 7 nitrogen and oxygen atoms in total. The largest absolute Gasteiger partial charge is 0.383 e. The highest BCUT2D eigenvalue weighted by atomic mass is 16.5. The summed E-state index contributed by atoms with van der Waals surface area (Å²) in [5.41, 5.74) is 0.976. The number of nitriles is 1. The molecule has 1 aromatic rings. The molecule has 0 spiro atoms. The number of benzene rings is 1. The highest BCUT2D eigenvalue weighted by molar-refractivity contribution is 5.94. The van der Waals surface area contributed by atoms with Crippen LogP contribution in [0.4, 0.5) is 4.79 Å². The summed E-state index contributed by atoms with van der Waals surface area (Å²) in [6.45, 7) is 2.13. The summed E-state index contributed by atoms with van der Waals surface area (Å²) in [7, 11) is 1.61. The van der Waals surface area contributed by atoms with Crippen LogP contribution in [0.1, 0.15) is 22.3 Å². The molecule has 0 bridgehead atoms. The zero-order valence-electron chi connectivity index (χ0n) is 13.6. The van der Waals surface area contributed by atoms with Crippen molar-refractivity contribution in [1.29, 1.82) is 5.26 Å². The monoisotopic (exact) mass is 328 g/mol. The van der Waals surface area contributed by atoms with Crippen LogP contribution in [0.5, 0.6) is 0 Å². The molecule has 2 heterocycles. The van der Waals surface area contributed by atoms with Gasteiger partial charge in [-0.05, 0) is 24.6 Å². The Morgan fingerprint density at radius 3 is 3.08 bits per heavy atom. The normalized spacial score (nSPS) is 22.8. The maximum atomic E-state index is 12.7. The Morgan fingerprint density at radius 2 is 2.33 bits per heavy atom. The topological polar surface area (TPSA) is 85.7 Å². The van der Waals surface area contributed by atoms with E-state index in [-0.39, 0.29) is 24.0 Å². The van der Waals surface area contributed by atoms with E-state index in [9.17, 15) is 9.59 Å². The summed E-state index contributed by atoms with van der Waals surface area (Å²) >= 11 is 0. The van der Waals surface area contributed by atoms with E-state index in [0.717, 1.165) is 6.42 Å². The summed E-state index contributed by atoms with van der Waals surface area (Å²) in [4.78, 5) is 28.3. The summed E-state index contributed by atoms with van der Waals surface area (Å²) in [6, 6.07) is 8.69. The van der Waals surface area contributed by atoms with E-state index in [1.54, 1.807) is 41.2 Å². The number of rotatable bonds is 4. The minimum absolute atomic E-state index is 0.0637. The number of nitrogens with one attached hydrogen (secondary N) is 1. The predicted molar refractivity (Wildman–Crippen MR) is 86.4 cm³/mol. The van der Waals surface area contributed by atoms with Crippen LogP contribution < -0.4 is 5.32 Å². The maximum Gasteiger partial charge on any atom is 0.318 e. The molecule has 1 aromatic carbocycles. The van der Waals surface area contributed by atoms with E-state index in [4.69, 9.17) is 10.00 Å². The predicted octanol–water partition coefficient (Wildman–Crippen LogP) is 0.813. The lowest BCUT2D eigenvalue weighted by atomic mass is 9.99. The van der Waals surface area contributed by atoms with Crippen LogP contribution in [0.25, 0.3) is 0 Å². The maximum absolute atomic E-state index is 12.7. The molecular weight excluding hydrogens is 308 g/mol.